The van der Waals surface area contributed by atoms with Gasteiger partial charge < -0.3 is 14.6 Å². The summed E-state index contributed by atoms with van der Waals surface area (Å²) in [7, 11) is 1.64. The number of methoxy groups -OCH3 is 1. The van der Waals surface area contributed by atoms with E-state index in [1.807, 2.05) is 47.0 Å². The number of benzene rings is 2. The molecule has 6 nitrogen and oxygen atoms in total. The molecule has 1 heterocycles. The summed E-state index contributed by atoms with van der Waals surface area (Å²) in [6, 6.07) is 17.9. The number of hydrogen-bond donors (Lipinski definition) is 1. The molecule has 29 heavy (non-hydrogen) atoms. The number of carbonyl (C=O) groups excluding carboxylic acids is 1. The SMILES string of the molecule is C#CCNC(=O)CSc1nnc(-c2ccc(OC)cc2)n1CCc1ccccc1. The van der Waals surface area contributed by atoms with Crippen molar-refractivity contribution in [3.8, 4) is 29.5 Å². The van der Waals surface area contributed by atoms with Crippen molar-refractivity contribution in [1.29, 1.82) is 0 Å². The number of hydrogen-bond acceptors (Lipinski definition) is 5. The Kier molecular flexibility index (Phi) is 7.31. The topological polar surface area (TPSA) is 69.0 Å². The van der Waals surface area contributed by atoms with Crippen molar-refractivity contribution >= 4 is 17.7 Å². The number of aromatic nitrogens is 3. The molecule has 1 aromatic heterocycles. The van der Waals surface area contributed by atoms with Crippen molar-refractivity contribution in [2.45, 2.75) is 18.1 Å². The van der Waals surface area contributed by atoms with Crippen molar-refractivity contribution in [2.24, 2.45) is 0 Å². The Bertz CT molecular complexity index is 978. The van der Waals surface area contributed by atoms with Gasteiger partial charge in [0.05, 0.1) is 19.4 Å². The Balaban J connectivity index is 1.81. The Labute approximate surface area is 174 Å². The first kappa shape index (κ1) is 20.5. The summed E-state index contributed by atoms with van der Waals surface area (Å²) in [6.07, 6.45) is 6.02. The number of carbonyl (C=O) groups is 1. The van der Waals surface area contributed by atoms with E-state index in [9.17, 15) is 4.79 Å². The summed E-state index contributed by atoms with van der Waals surface area (Å²) in [5.74, 6) is 4.04. The maximum Gasteiger partial charge on any atom is 0.231 e. The molecule has 3 aromatic rings. The fraction of sp³-hybridized carbons (Fsp3) is 0.227. The average molecular weight is 407 g/mol. The average Bonchev–Trinajstić information content (AvgIpc) is 3.18. The molecule has 0 bridgehead atoms. The molecule has 3 rings (SSSR count). The van der Waals surface area contributed by atoms with Crippen molar-refractivity contribution < 1.29 is 9.53 Å². The third kappa shape index (κ3) is 5.62. The van der Waals surface area contributed by atoms with Crippen LogP contribution in [0.15, 0.2) is 59.8 Å². The number of ether oxygens (including phenoxy) is 1. The van der Waals surface area contributed by atoms with Crippen LogP contribution in [-0.2, 0) is 17.8 Å². The van der Waals surface area contributed by atoms with Crippen LogP contribution < -0.4 is 10.1 Å². The van der Waals surface area contributed by atoms with Crippen LogP contribution in [0.2, 0.25) is 0 Å². The van der Waals surface area contributed by atoms with Crippen molar-refractivity contribution in [3.63, 3.8) is 0 Å². The second-order valence-electron chi connectivity index (χ2n) is 6.19. The van der Waals surface area contributed by atoms with Crippen LogP contribution in [0, 0.1) is 12.3 Å². The molecule has 0 atom stereocenters. The van der Waals surface area contributed by atoms with E-state index in [4.69, 9.17) is 11.2 Å². The molecule has 0 spiro atoms. The zero-order valence-corrected chi connectivity index (χ0v) is 17.0. The van der Waals surface area contributed by atoms with Crippen molar-refractivity contribution in [2.75, 3.05) is 19.4 Å². The Morgan fingerprint density at radius 2 is 1.93 bits per heavy atom. The molecular formula is C22H22N4O2S. The summed E-state index contributed by atoms with van der Waals surface area (Å²) in [5, 5.41) is 12.1. The number of amides is 1. The zero-order chi connectivity index (χ0) is 20.5. The van der Waals surface area contributed by atoms with Crippen LogP contribution in [0.1, 0.15) is 5.56 Å². The van der Waals surface area contributed by atoms with E-state index in [1.54, 1.807) is 7.11 Å². The predicted octanol–water partition coefficient (Wildman–Crippen LogP) is 3.04. The summed E-state index contributed by atoms with van der Waals surface area (Å²) >= 11 is 1.35. The largest absolute Gasteiger partial charge is 0.497 e. The van der Waals surface area contributed by atoms with Crippen molar-refractivity contribution in [3.05, 3.63) is 60.2 Å². The normalized spacial score (nSPS) is 10.3. The highest BCUT2D eigenvalue weighted by Gasteiger charge is 2.16. The smallest absolute Gasteiger partial charge is 0.231 e. The van der Waals surface area contributed by atoms with E-state index < -0.39 is 0 Å². The van der Waals surface area contributed by atoms with E-state index in [0.29, 0.717) is 11.7 Å². The van der Waals surface area contributed by atoms with Crippen molar-refractivity contribution in [1.82, 2.24) is 20.1 Å². The van der Waals surface area contributed by atoms with Gasteiger partial charge in [-0.1, -0.05) is 48.0 Å². The molecule has 2 aromatic carbocycles. The molecular weight excluding hydrogens is 384 g/mol. The minimum atomic E-state index is -0.128. The summed E-state index contributed by atoms with van der Waals surface area (Å²) in [6.45, 7) is 0.921. The maximum absolute atomic E-state index is 11.9. The third-order valence-electron chi connectivity index (χ3n) is 4.25. The van der Waals surface area contributed by atoms with E-state index >= 15 is 0 Å². The van der Waals surface area contributed by atoms with E-state index in [-0.39, 0.29) is 18.2 Å². The molecule has 1 N–H and O–H groups in total. The van der Waals surface area contributed by atoms with E-state index in [1.165, 1.54) is 17.3 Å². The quantitative estimate of drug-likeness (QED) is 0.437. The van der Waals surface area contributed by atoms with Crippen LogP contribution in [0.25, 0.3) is 11.4 Å². The number of nitrogens with zero attached hydrogens (tertiary/aromatic N) is 3. The van der Waals surface area contributed by atoms with Crippen LogP contribution in [0.4, 0.5) is 0 Å². The van der Waals surface area contributed by atoms with Gasteiger partial charge in [0.25, 0.3) is 0 Å². The lowest BCUT2D eigenvalue weighted by Gasteiger charge is -2.11. The second kappa shape index (κ2) is 10.3. The molecule has 0 aliphatic heterocycles. The molecule has 1 amide bonds. The van der Waals surface area contributed by atoms with Crippen LogP contribution in [0.3, 0.4) is 0 Å². The summed E-state index contributed by atoms with van der Waals surface area (Å²) in [5.41, 5.74) is 2.17. The van der Waals surface area contributed by atoms with Gasteiger partial charge in [-0.05, 0) is 36.2 Å². The lowest BCUT2D eigenvalue weighted by molar-refractivity contribution is -0.118. The number of nitrogens with one attached hydrogen (secondary N) is 1. The molecule has 0 radical (unpaired) electrons. The number of rotatable bonds is 9. The predicted molar refractivity (Wildman–Crippen MR) is 115 cm³/mol. The van der Waals surface area contributed by atoms with Gasteiger partial charge in [-0.2, -0.15) is 0 Å². The van der Waals surface area contributed by atoms with Gasteiger partial charge in [-0.3, -0.25) is 4.79 Å². The van der Waals surface area contributed by atoms with E-state index in [0.717, 1.165) is 23.6 Å². The minimum Gasteiger partial charge on any atom is -0.497 e. The summed E-state index contributed by atoms with van der Waals surface area (Å²) in [4.78, 5) is 11.9. The Hall–Kier alpha value is -3.24. The van der Waals surface area contributed by atoms with Gasteiger partial charge >= 0.3 is 0 Å². The molecule has 0 aliphatic carbocycles. The van der Waals surface area contributed by atoms with Gasteiger partial charge in [0.1, 0.15) is 5.75 Å². The monoisotopic (exact) mass is 406 g/mol. The van der Waals surface area contributed by atoms with Crippen LogP contribution in [0.5, 0.6) is 5.75 Å². The molecule has 0 saturated heterocycles. The second-order valence-corrected chi connectivity index (χ2v) is 7.13. The molecule has 7 heteroatoms. The fourth-order valence-electron chi connectivity index (χ4n) is 2.77. The van der Waals surface area contributed by atoms with Gasteiger partial charge in [0.2, 0.25) is 5.91 Å². The maximum atomic E-state index is 11.9. The van der Waals surface area contributed by atoms with Gasteiger partial charge in [0, 0.05) is 12.1 Å². The highest BCUT2D eigenvalue weighted by Crippen LogP contribution is 2.26. The fourth-order valence-corrected chi connectivity index (χ4v) is 3.56. The summed E-state index contributed by atoms with van der Waals surface area (Å²) < 4.78 is 7.29. The van der Waals surface area contributed by atoms with E-state index in [2.05, 4.69) is 33.6 Å². The molecule has 0 unspecified atom stereocenters. The van der Waals surface area contributed by atoms with Gasteiger partial charge in [-0.25, -0.2) is 0 Å². The molecule has 148 valence electrons. The molecule has 0 aliphatic rings. The highest BCUT2D eigenvalue weighted by molar-refractivity contribution is 7.99. The molecule has 0 fully saturated rings. The molecule has 0 saturated carbocycles. The van der Waals surface area contributed by atoms with Gasteiger partial charge in [-0.15, -0.1) is 16.6 Å². The lowest BCUT2D eigenvalue weighted by Crippen LogP contribution is -2.25. The number of terminal acetylenes is 1. The standard InChI is InChI=1S/C22H22N4O2S/c1-3-14-23-20(27)16-29-22-25-24-21(18-9-11-19(28-2)12-10-18)26(22)15-13-17-7-5-4-6-8-17/h1,4-12H,13-16H2,2H3,(H,23,27). The van der Waals surface area contributed by atoms with Crippen LogP contribution in [-0.4, -0.2) is 40.1 Å². The minimum absolute atomic E-state index is 0.128. The Morgan fingerprint density at radius 1 is 1.17 bits per heavy atom. The first-order chi connectivity index (χ1) is 14.2. The zero-order valence-electron chi connectivity index (χ0n) is 16.2. The first-order valence-corrected chi connectivity index (χ1v) is 10.1. The highest BCUT2D eigenvalue weighted by atomic mass is 32.2. The Morgan fingerprint density at radius 3 is 2.62 bits per heavy atom. The number of aryl methyl sites for hydroxylation is 1. The van der Waals surface area contributed by atoms with Crippen LogP contribution >= 0.6 is 11.8 Å². The number of thioether (sulfide) groups is 1. The van der Waals surface area contributed by atoms with Gasteiger partial charge in [0.15, 0.2) is 11.0 Å². The first-order valence-electron chi connectivity index (χ1n) is 9.15. The third-order valence-corrected chi connectivity index (χ3v) is 5.22. The lowest BCUT2D eigenvalue weighted by atomic mass is 10.1.